The van der Waals surface area contributed by atoms with Crippen LogP contribution in [0.25, 0.3) is 0 Å². The first kappa shape index (κ1) is 12.2. The predicted octanol–water partition coefficient (Wildman–Crippen LogP) is 3.65. The summed E-state index contributed by atoms with van der Waals surface area (Å²) < 4.78 is 0. The Bertz CT molecular complexity index is 156. The van der Waals surface area contributed by atoms with E-state index in [-0.39, 0.29) is 21.1 Å². The van der Waals surface area contributed by atoms with E-state index in [1.807, 2.05) is 0 Å². The molecule has 0 heterocycles. The van der Waals surface area contributed by atoms with E-state index in [0.717, 1.165) is 6.42 Å². The van der Waals surface area contributed by atoms with Gasteiger partial charge < -0.3 is 6.92 Å². The summed E-state index contributed by atoms with van der Waals surface area (Å²) >= 11 is 0. The van der Waals surface area contributed by atoms with Crippen LogP contribution in [0.5, 0.6) is 0 Å². The molecule has 0 saturated heterocycles. The van der Waals surface area contributed by atoms with Crippen molar-refractivity contribution in [3.8, 4) is 0 Å². The summed E-state index contributed by atoms with van der Waals surface area (Å²) in [5, 5.41) is 0. The van der Waals surface area contributed by atoms with Crippen LogP contribution in [0.2, 0.25) is 0 Å². The molecule has 0 N–H and O–H groups in total. The summed E-state index contributed by atoms with van der Waals surface area (Å²) in [6, 6.07) is 0. The van der Waals surface area contributed by atoms with Gasteiger partial charge in [-0.05, 0) is 25.7 Å². The predicted molar refractivity (Wildman–Crippen MR) is 50.3 cm³/mol. The summed E-state index contributed by atoms with van der Waals surface area (Å²) in [5.41, 5.74) is 1.62. The van der Waals surface area contributed by atoms with E-state index in [1.165, 1.54) is 32.1 Å². The Labute approximate surface area is 90.4 Å². The molecule has 1 rings (SSSR count). The topological polar surface area (TPSA) is 0 Å². The molecule has 0 aromatic rings. The second-order valence-corrected chi connectivity index (χ2v) is 3.05. The van der Waals surface area contributed by atoms with Crippen molar-refractivity contribution in [3.05, 3.63) is 30.7 Å². The van der Waals surface area contributed by atoms with Crippen molar-refractivity contribution in [3.63, 3.8) is 0 Å². The van der Waals surface area contributed by atoms with Crippen LogP contribution < -0.4 is 0 Å². The summed E-state index contributed by atoms with van der Waals surface area (Å²) in [7, 11) is 0. The van der Waals surface area contributed by atoms with Crippen molar-refractivity contribution in [1.29, 1.82) is 0 Å². The van der Waals surface area contributed by atoms with Gasteiger partial charge in [0, 0.05) is 21.1 Å². The van der Waals surface area contributed by atoms with Gasteiger partial charge in [-0.2, -0.15) is 6.42 Å². The molecule has 0 fully saturated rings. The van der Waals surface area contributed by atoms with E-state index < -0.39 is 0 Å². The summed E-state index contributed by atoms with van der Waals surface area (Å²) in [6.45, 7) is 3.87. The SMILES string of the molecule is [CH2-]CC/C1=C/CC/C=C\CC1.[Pt]. The van der Waals surface area contributed by atoms with Gasteiger partial charge in [-0.25, -0.2) is 0 Å². The van der Waals surface area contributed by atoms with Crippen LogP contribution >= 0.6 is 0 Å². The van der Waals surface area contributed by atoms with Gasteiger partial charge in [-0.3, -0.25) is 0 Å². The monoisotopic (exact) mass is 344 g/mol. The van der Waals surface area contributed by atoms with Crippen LogP contribution in [-0.4, -0.2) is 0 Å². The van der Waals surface area contributed by atoms with Gasteiger partial charge in [-0.1, -0.05) is 30.2 Å². The Hall–Kier alpha value is 0.168. The quantitative estimate of drug-likeness (QED) is 0.530. The van der Waals surface area contributed by atoms with Crippen LogP contribution in [0, 0.1) is 6.92 Å². The molecule has 1 aliphatic carbocycles. The van der Waals surface area contributed by atoms with Crippen LogP contribution in [0.3, 0.4) is 0 Å². The minimum absolute atomic E-state index is 0. The molecule has 0 amide bonds. The van der Waals surface area contributed by atoms with E-state index in [2.05, 4.69) is 25.2 Å². The van der Waals surface area contributed by atoms with Crippen molar-refractivity contribution < 1.29 is 21.1 Å². The van der Waals surface area contributed by atoms with Crippen LogP contribution in [0.1, 0.15) is 38.5 Å². The van der Waals surface area contributed by atoms with Gasteiger partial charge in [0.25, 0.3) is 0 Å². The summed E-state index contributed by atoms with van der Waals surface area (Å²) in [6.07, 6.45) is 14.2. The Morgan fingerprint density at radius 3 is 2.67 bits per heavy atom. The maximum atomic E-state index is 3.87. The Balaban J connectivity index is 0.00000121. The first-order valence-electron chi connectivity index (χ1n) is 4.55. The van der Waals surface area contributed by atoms with Crippen molar-refractivity contribution in [2.45, 2.75) is 38.5 Å². The van der Waals surface area contributed by atoms with E-state index in [0.29, 0.717) is 0 Å². The number of hydrogen-bond acceptors (Lipinski definition) is 0. The smallest absolute Gasteiger partial charge is 0 e. The number of allylic oxidation sites excluding steroid dienone is 4. The molecular formula is C11H17Pt-. The number of rotatable bonds is 2. The van der Waals surface area contributed by atoms with Gasteiger partial charge in [0.2, 0.25) is 0 Å². The first-order chi connectivity index (χ1) is 5.43. The molecule has 1 aliphatic rings. The molecular weight excluding hydrogens is 327 g/mol. The molecule has 0 aromatic heterocycles. The average molecular weight is 344 g/mol. The van der Waals surface area contributed by atoms with Gasteiger partial charge in [0.05, 0.1) is 0 Å². The third-order valence-electron chi connectivity index (χ3n) is 2.06. The standard InChI is InChI=1S/C11H17.Pt/c1-2-8-11-9-6-4-3-5-7-10-11;/h3-4,10H,1-2,5-9H2;/q-1;/b4-3-,11-10-;. The Kier molecular flexibility index (Phi) is 7.91. The van der Waals surface area contributed by atoms with E-state index in [9.17, 15) is 0 Å². The maximum absolute atomic E-state index is 3.87. The van der Waals surface area contributed by atoms with E-state index >= 15 is 0 Å². The molecule has 72 valence electrons. The second kappa shape index (κ2) is 7.80. The molecule has 0 unspecified atom stereocenters. The van der Waals surface area contributed by atoms with Gasteiger partial charge in [0.15, 0.2) is 0 Å². The van der Waals surface area contributed by atoms with Gasteiger partial charge >= 0.3 is 0 Å². The zero-order valence-corrected chi connectivity index (χ0v) is 9.77. The second-order valence-electron chi connectivity index (χ2n) is 3.05. The van der Waals surface area contributed by atoms with Crippen molar-refractivity contribution in [1.82, 2.24) is 0 Å². The maximum Gasteiger partial charge on any atom is 0 e. The molecule has 0 aromatic carbocycles. The Morgan fingerprint density at radius 2 is 1.92 bits per heavy atom. The van der Waals surface area contributed by atoms with Gasteiger partial charge in [-0.15, -0.1) is 0 Å². The van der Waals surface area contributed by atoms with Crippen LogP contribution in [0.15, 0.2) is 23.8 Å². The normalized spacial score (nSPS) is 24.2. The molecule has 0 spiro atoms. The molecule has 0 aliphatic heterocycles. The largest absolute Gasteiger partial charge is 0.343 e. The fourth-order valence-corrected chi connectivity index (χ4v) is 1.44. The fourth-order valence-electron chi connectivity index (χ4n) is 1.44. The fraction of sp³-hybridized carbons (Fsp3) is 0.545. The minimum atomic E-state index is 0. The van der Waals surface area contributed by atoms with Crippen molar-refractivity contribution in [2.24, 2.45) is 0 Å². The molecule has 0 saturated carbocycles. The molecule has 12 heavy (non-hydrogen) atoms. The third kappa shape index (κ3) is 4.93. The van der Waals surface area contributed by atoms with E-state index in [1.54, 1.807) is 5.57 Å². The van der Waals surface area contributed by atoms with Crippen LogP contribution in [0.4, 0.5) is 0 Å². The third-order valence-corrected chi connectivity index (χ3v) is 2.06. The Morgan fingerprint density at radius 1 is 1.17 bits per heavy atom. The average Bonchev–Trinajstić information content (AvgIpc) is 1.94. The number of hydrogen-bond donors (Lipinski definition) is 0. The first-order valence-corrected chi connectivity index (χ1v) is 4.55. The zero-order chi connectivity index (χ0) is 7.94. The van der Waals surface area contributed by atoms with Crippen LogP contribution in [-0.2, 0) is 21.1 Å². The van der Waals surface area contributed by atoms with Crippen molar-refractivity contribution >= 4 is 0 Å². The van der Waals surface area contributed by atoms with Gasteiger partial charge in [0.1, 0.15) is 0 Å². The zero-order valence-electron chi connectivity index (χ0n) is 7.50. The van der Waals surface area contributed by atoms with E-state index in [4.69, 9.17) is 0 Å². The molecule has 1 heteroatoms. The molecule has 0 bridgehead atoms. The molecule has 0 nitrogen and oxygen atoms in total. The summed E-state index contributed by atoms with van der Waals surface area (Å²) in [4.78, 5) is 0. The minimum Gasteiger partial charge on any atom is -0.343 e. The van der Waals surface area contributed by atoms with Crippen molar-refractivity contribution in [2.75, 3.05) is 0 Å². The molecule has 0 atom stereocenters. The summed E-state index contributed by atoms with van der Waals surface area (Å²) in [5.74, 6) is 0. The molecule has 0 radical (unpaired) electrons.